The van der Waals surface area contributed by atoms with E-state index in [0.29, 0.717) is 11.1 Å². The van der Waals surface area contributed by atoms with E-state index in [0.717, 1.165) is 17.1 Å². The van der Waals surface area contributed by atoms with Crippen LogP contribution in [-0.2, 0) is 6.54 Å². The number of aryl methyl sites for hydroxylation is 1. The molecule has 1 fully saturated rings. The molecular formula is C17H19NO2S2. The van der Waals surface area contributed by atoms with Crippen LogP contribution in [0, 0.1) is 6.92 Å². The molecule has 3 nitrogen and oxygen atoms in total. The van der Waals surface area contributed by atoms with E-state index in [4.69, 9.17) is 4.42 Å². The summed E-state index contributed by atoms with van der Waals surface area (Å²) in [7, 11) is 1.80. The van der Waals surface area contributed by atoms with Crippen LogP contribution in [0.15, 0.2) is 40.8 Å². The van der Waals surface area contributed by atoms with Crippen LogP contribution < -0.4 is 0 Å². The zero-order valence-electron chi connectivity index (χ0n) is 12.7. The summed E-state index contributed by atoms with van der Waals surface area (Å²) < 4.78 is 6.05. The molecule has 2 heterocycles. The molecule has 1 aromatic heterocycles. The molecule has 0 radical (unpaired) electrons. The van der Waals surface area contributed by atoms with Crippen molar-refractivity contribution < 1.29 is 9.21 Å². The van der Waals surface area contributed by atoms with E-state index in [1.807, 2.05) is 54.7 Å². The molecule has 0 bridgehead atoms. The summed E-state index contributed by atoms with van der Waals surface area (Å²) in [6.45, 7) is 2.39. The summed E-state index contributed by atoms with van der Waals surface area (Å²) in [6, 6.07) is 11.8. The lowest BCUT2D eigenvalue weighted by Crippen LogP contribution is -2.25. The van der Waals surface area contributed by atoms with E-state index in [1.165, 1.54) is 17.1 Å². The van der Waals surface area contributed by atoms with E-state index in [2.05, 4.69) is 12.1 Å². The standard InChI is InChI=1S/C17H19NO2S2/c1-12-3-8-15(20-12)11-18(2)16(19)13-4-6-14(7-5-13)17-21-9-10-22-17/h3-8,17H,9-11H2,1-2H3. The number of thioether (sulfide) groups is 2. The van der Waals surface area contributed by atoms with Crippen LogP contribution in [-0.4, -0.2) is 29.4 Å². The minimum Gasteiger partial charge on any atom is -0.464 e. The Bertz CT molecular complexity index is 645. The van der Waals surface area contributed by atoms with Crippen LogP contribution >= 0.6 is 23.5 Å². The van der Waals surface area contributed by atoms with Gasteiger partial charge in [0.2, 0.25) is 0 Å². The van der Waals surface area contributed by atoms with Gasteiger partial charge >= 0.3 is 0 Å². The van der Waals surface area contributed by atoms with Crippen LogP contribution in [0.1, 0.15) is 32.0 Å². The first-order valence-electron chi connectivity index (χ1n) is 7.27. The van der Waals surface area contributed by atoms with Crippen LogP contribution in [0.5, 0.6) is 0 Å². The minimum atomic E-state index is 0.0207. The lowest BCUT2D eigenvalue weighted by molar-refractivity contribution is 0.0775. The Kier molecular flexibility index (Phi) is 4.84. The number of hydrogen-bond donors (Lipinski definition) is 0. The molecule has 2 aromatic rings. The fourth-order valence-corrected chi connectivity index (χ4v) is 5.29. The topological polar surface area (TPSA) is 33.5 Å². The fraction of sp³-hybridized carbons (Fsp3) is 0.353. The molecule has 0 atom stereocenters. The molecule has 1 amide bonds. The summed E-state index contributed by atoms with van der Waals surface area (Å²) in [6.07, 6.45) is 0. The first kappa shape index (κ1) is 15.6. The Balaban J connectivity index is 1.66. The van der Waals surface area contributed by atoms with Crippen LogP contribution in [0.25, 0.3) is 0 Å². The van der Waals surface area contributed by atoms with Gasteiger partial charge in [-0.15, -0.1) is 23.5 Å². The monoisotopic (exact) mass is 333 g/mol. The maximum Gasteiger partial charge on any atom is 0.254 e. The van der Waals surface area contributed by atoms with Gasteiger partial charge in [-0.3, -0.25) is 4.79 Å². The second-order valence-electron chi connectivity index (χ2n) is 5.37. The van der Waals surface area contributed by atoms with Gasteiger partial charge < -0.3 is 9.32 Å². The van der Waals surface area contributed by atoms with E-state index in [9.17, 15) is 4.79 Å². The summed E-state index contributed by atoms with van der Waals surface area (Å²) in [5, 5.41) is 0. The molecule has 116 valence electrons. The molecular weight excluding hydrogens is 314 g/mol. The Hall–Kier alpha value is -1.33. The zero-order chi connectivity index (χ0) is 15.5. The van der Waals surface area contributed by atoms with Gasteiger partial charge in [0.15, 0.2) is 0 Å². The average molecular weight is 333 g/mol. The number of furan rings is 1. The van der Waals surface area contributed by atoms with Crippen molar-refractivity contribution >= 4 is 29.4 Å². The van der Waals surface area contributed by atoms with Gasteiger partial charge in [0, 0.05) is 24.1 Å². The Morgan fingerprint density at radius 1 is 1.18 bits per heavy atom. The Morgan fingerprint density at radius 2 is 1.86 bits per heavy atom. The number of hydrogen-bond acceptors (Lipinski definition) is 4. The summed E-state index contributed by atoms with van der Waals surface area (Å²) in [5.41, 5.74) is 2.02. The normalized spacial score (nSPS) is 15.2. The molecule has 0 spiro atoms. The van der Waals surface area contributed by atoms with Crippen molar-refractivity contribution in [1.82, 2.24) is 4.90 Å². The van der Waals surface area contributed by atoms with E-state index < -0.39 is 0 Å². The number of carbonyl (C=O) groups excluding carboxylic acids is 1. The number of carbonyl (C=O) groups is 1. The summed E-state index contributed by atoms with van der Waals surface area (Å²) in [4.78, 5) is 14.1. The van der Waals surface area contributed by atoms with Crippen molar-refractivity contribution in [3.8, 4) is 0 Å². The molecule has 22 heavy (non-hydrogen) atoms. The van der Waals surface area contributed by atoms with Gasteiger partial charge in [-0.2, -0.15) is 0 Å². The largest absolute Gasteiger partial charge is 0.464 e. The van der Waals surface area contributed by atoms with Crippen molar-refractivity contribution in [2.75, 3.05) is 18.6 Å². The third kappa shape index (κ3) is 3.52. The molecule has 1 saturated heterocycles. The average Bonchev–Trinajstić information content (AvgIpc) is 3.18. The molecule has 1 aliphatic rings. The second-order valence-corrected chi connectivity index (χ2v) is 8.09. The third-order valence-corrected chi connectivity index (χ3v) is 6.69. The summed E-state index contributed by atoms with van der Waals surface area (Å²) >= 11 is 3.95. The molecule has 1 aromatic carbocycles. The lowest BCUT2D eigenvalue weighted by atomic mass is 10.1. The van der Waals surface area contributed by atoms with E-state index in [1.54, 1.807) is 11.9 Å². The van der Waals surface area contributed by atoms with Crippen molar-refractivity contribution in [3.63, 3.8) is 0 Å². The molecule has 0 N–H and O–H groups in total. The number of amides is 1. The lowest BCUT2D eigenvalue weighted by Gasteiger charge is -2.16. The first-order chi connectivity index (χ1) is 10.6. The molecule has 0 aliphatic carbocycles. The third-order valence-electron chi connectivity index (χ3n) is 3.59. The van der Waals surface area contributed by atoms with E-state index in [-0.39, 0.29) is 5.91 Å². The molecule has 3 rings (SSSR count). The number of nitrogens with zero attached hydrogens (tertiary/aromatic N) is 1. The van der Waals surface area contributed by atoms with Gasteiger partial charge in [-0.25, -0.2) is 0 Å². The van der Waals surface area contributed by atoms with Gasteiger partial charge in [-0.05, 0) is 36.8 Å². The highest BCUT2D eigenvalue weighted by Gasteiger charge is 2.19. The van der Waals surface area contributed by atoms with Gasteiger partial charge in [0.1, 0.15) is 11.5 Å². The highest BCUT2D eigenvalue weighted by Crippen LogP contribution is 2.45. The van der Waals surface area contributed by atoms with Crippen molar-refractivity contribution in [2.24, 2.45) is 0 Å². The van der Waals surface area contributed by atoms with Gasteiger partial charge in [0.25, 0.3) is 5.91 Å². The second kappa shape index (κ2) is 6.84. The van der Waals surface area contributed by atoms with Crippen LogP contribution in [0.4, 0.5) is 0 Å². The maximum absolute atomic E-state index is 12.5. The van der Waals surface area contributed by atoms with Gasteiger partial charge in [0.05, 0.1) is 11.1 Å². The maximum atomic E-state index is 12.5. The SMILES string of the molecule is Cc1ccc(CN(C)C(=O)c2ccc(C3SCCS3)cc2)o1. The fourth-order valence-electron chi connectivity index (χ4n) is 2.43. The predicted molar refractivity (Wildman–Crippen MR) is 93.3 cm³/mol. The number of rotatable bonds is 4. The molecule has 0 unspecified atom stereocenters. The molecule has 0 saturated carbocycles. The van der Waals surface area contributed by atoms with Crippen molar-refractivity contribution in [2.45, 2.75) is 18.1 Å². The zero-order valence-corrected chi connectivity index (χ0v) is 14.4. The molecule has 1 aliphatic heterocycles. The predicted octanol–water partition coefficient (Wildman–Crippen LogP) is 4.34. The first-order valence-corrected chi connectivity index (χ1v) is 9.37. The Labute approximate surface area is 139 Å². The van der Waals surface area contributed by atoms with Crippen LogP contribution in [0.3, 0.4) is 0 Å². The van der Waals surface area contributed by atoms with Crippen molar-refractivity contribution in [3.05, 3.63) is 59.0 Å². The minimum absolute atomic E-state index is 0.0207. The number of benzene rings is 1. The van der Waals surface area contributed by atoms with Gasteiger partial charge in [-0.1, -0.05) is 12.1 Å². The highest BCUT2D eigenvalue weighted by atomic mass is 32.2. The van der Waals surface area contributed by atoms with Crippen molar-refractivity contribution in [1.29, 1.82) is 0 Å². The molecule has 5 heteroatoms. The quantitative estimate of drug-likeness (QED) is 0.833. The van der Waals surface area contributed by atoms with E-state index >= 15 is 0 Å². The smallest absolute Gasteiger partial charge is 0.254 e. The Morgan fingerprint density at radius 3 is 2.45 bits per heavy atom. The summed E-state index contributed by atoms with van der Waals surface area (Å²) in [5.74, 6) is 4.12. The van der Waals surface area contributed by atoms with Crippen LogP contribution in [0.2, 0.25) is 0 Å². The highest BCUT2D eigenvalue weighted by molar-refractivity contribution is 8.19.